The van der Waals surface area contributed by atoms with Crippen LogP contribution < -0.4 is 5.32 Å². The Kier molecular flexibility index (Phi) is 4.28. The third kappa shape index (κ3) is 3.41. The molecule has 0 fully saturated rings. The number of hydrogen-bond donors (Lipinski definition) is 3. The number of anilines is 1. The molecule has 0 aliphatic carbocycles. The molecule has 0 atom stereocenters. The number of nitrogens with one attached hydrogen (secondary N) is 1. The van der Waals surface area contributed by atoms with Crippen LogP contribution in [0.3, 0.4) is 0 Å². The maximum atomic E-state index is 12.1. The number of carboxylic acid groups (broad SMARTS) is 1. The predicted octanol–water partition coefficient (Wildman–Crippen LogP) is 3.41. The molecule has 0 saturated carbocycles. The second-order valence-corrected chi connectivity index (χ2v) is 5.39. The Bertz CT molecular complexity index is 728. The molecule has 0 spiro atoms. The van der Waals surface area contributed by atoms with Crippen LogP contribution in [0.1, 0.15) is 26.3 Å². The van der Waals surface area contributed by atoms with Crippen molar-refractivity contribution >= 4 is 33.5 Å². The van der Waals surface area contributed by atoms with Gasteiger partial charge in [0.25, 0.3) is 5.91 Å². The lowest BCUT2D eigenvalue weighted by molar-refractivity contribution is 0.0698. The molecular formula is C15H12BrNO4. The molecule has 1 amide bonds. The van der Waals surface area contributed by atoms with Gasteiger partial charge in [0.2, 0.25) is 0 Å². The van der Waals surface area contributed by atoms with E-state index in [0.717, 1.165) is 5.56 Å². The molecule has 5 nitrogen and oxygen atoms in total. The normalized spacial score (nSPS) is 10.2. The number of aromatic hydroxyl groups is 1. The van der Waals surface area contributed by atoms with Crippen LogP contribution in [-0.4, -0.2) is 22.1 Å². The topological polar surface area (TPSA) is 86.6 Å². The Morgan fingerprint density at radius 3 is 2.43 bits per heavy atom. The molecule has 21 heavy (non-hydrogen) atoms. The largest absolute Gasteiger partial charge is 0.507 e. The number of halogens is 1. The molecule has 0 heterocycles. The van der Waals surface area contributed by atoms with Gasteiger partial charge in [0.1, 0.15) is 5.75 Å². The molecule has 0 bridgehead atoms. The zero-order chi connectivity index (χ0) is 15.6. The summed E-state index contributed by atoms with van der Waals surface area (Å²) in [6.07, 6.45) is 0. The lowest BCUT2D eigenvalue weighted by atomic mass is 10.1. The number of carbonyl (C=O) groups excluding carboxylic acids is 1. The number of benzene rings is 2. The molecule has 0 radical (unpaired) electrons. The highest BCUT2D eigenvalue weighted by Crippen LogP contribution is 2.24. The summed E-state index contributed by atoms with van der Waals surface area (Å²) in [5, 5.41) is 21.4. The average Bonchev–Trinajstić information content (AvgIpc) is 2.40. The fraction of sp³-hybridized carbons (Fsp3) is 0.0667. The second kappa shape index (κ2) is 5.97. The number of amides is 1. The van der Waals surface area contributed by atoms with Crippen molar-refractivity contribution in [1.29, 1.82) is 0 Å². The minimum Gasteiger partial charge on any atom is -0.507 e. The first-order chi connectivity index (χ1) is 9.88. The summed E-state index contributed by atoms with van der Waals surface area (Å²) in [6.45, 7) is 1.76. The zero-order valence-electron chi connectivity index (χ0n) is 11.1. The van der Waals surface area contributed by atoms with Crippen molar-refractivity contribution in [3.8, 4) is 5.75 Å². The van der Waals surface area contributed by atoms with Crippen LogP contribution in [-0.2, 0) is 0 Å². The van der Waals surface area contributed by atoms with Gasteiger partial charge in [0.05, 0.1) is 16.8 Å². The number of rotatable bonds is 3. The van der Waals surface area contributed by atoms with Crippen LogP contribution >= 0.6 is 15.9 Å². The summed E-state index contributed by atoms with van der Waals surface area (Å²) in [5.41, 5.74) is 1.02. The first-order valence-electron chi connectivity index (χ1n) is 6.02. The van der Waals surface area contributed by atoms with E-state index in [-0.39, 0.29) is 22.6 Å². The van der Waals surface area contributed by atoms with Gasteiger partial charge in [-0.1, -0.05) is 27.6 Å². The van der Waals surface area contributed by atoms with Crippen LogP contribution in [0, 0.1) is 6.92 Å². The summed E-state index contributed by atoms with van der Waals surface area (Å²) in [4.78, 5) is 23.3. The van der Waals surface area contributed by atoms with Gasteiger partial charge in [0, 0.05) is 4.47 Å². The van der Waals surface area contributed by atoms with Crippen molar-refractivity contribution in [2.24, 2.45) is 0 Å². The van der Waals surface area contributed by atoms with Gasteiger partial charge >= 0.3 is 5.97 Å². The van der Waals surface area contributed by atoms with Gasteiger partial charge < -0.3 is 15.5 Å². The molecule has 3 N–H and O–H groups in total. The van der Waals surface area contributed by atoms with E-state index in [4.69, 9.17) is 5.11 Å². The molecular weight excluding hydrogens is 338 g/mol. The molecule has 0 unspecified atom stereocenters. The quantitative estimate of drug-likeness (QED) is 0.792. The summed E-state index contributed by atoms with van der Waals surface area (Å²) in [5.74, 6) is -1.90. The summed E-state index contributed by atoms with van der Waals surface area (Å²) in [7, 11) is 0. The number of carboxylic acids is 1. The smallest absolute Gasteiger partial charge is 0.337 e. The van der Waals surface area contributed by atoms with Crippen LogP contribution in [0.15, 0.2) is 40.9 Å². The van der Waals surface area contributed by atoms with Crippen LogP contribution in [0.2, 0.25) is 0 Å². The second-order valence-electron chi connectivity index (χ2n) is 4.47. The first kappa shape index (κ1) is 15.1. The monoisotopic (exact) mass is 349 g/mol. The Morgan fingerprint density at radius 2 is 1.81 bits per heavy atom. The molecule has 2 aromatic carbocycles. The number of phenolic OH excluding ortho intramolecular Hbond substituents is 1. The fourth-order valence-electron chi connectivity index (χ4n) is 1.83. The van der Waals surface area contributed by atoms with Crippen LogP contribution in [0.4, 0.5) is 5.69 Å². The predicted molar refractivity (Wildman–Crippen MR) is 81.9 cm³/mol. The van der Waals surface area contributed by atoms with E-state index < -0.39 is 11.9 Å². The van der Waals surface area contributed by atoms with Gasteiger partial charge in [-0.2, -0.15) is 0 Å². The summed E-state index contributed by atoms with van der Waals surface area (Å²) >= 11 is 3.18. The third-order valence-corrected chi connectivity index (χ3v) is 3.35. The molecule has 6 heteroatoms. The van der Waals surface area contributed by atoms with E-state index in [1.54, 1.807) is 19.1 Å². The number of aromatic carboxylic acids is 1. The zero-order valence-corrected chi connectivity index (χ0v) is 12.6. The van der Waals surface area contributed by atoms with E-state index in [2.05, 4.69) is 21.2 Å². The Labute approximate surface area is 129 Å². The highest BCUT2D eigenvalue weighted by atomic mass is 79.9. The van der Waals surface area contributed by atoms with E-state index in [9.17, 15) is 14.7 Å². The number of aryl methyl sites for hydroxylation is 1. The maximum absolute atomic E-state index is 12.1. The Morgan fingerprint density at radius 1 is 1.10 bits per heavy atom. The van der Waals surface area contributed by atoms with Gasteiger partial charge in [-0.05, 0) is 37.3 Å². The van der Waals surface area contributed by atoms with E-state index in [1.165, 1.54) is 24.3 Å². The first-order valence-corrected chi connectivity index (χ1v) is 6.81. The van der Waals surface area contributed by atoms with Crippen molar-refractivity contribution < 1.29 is 19.8 Å². The molecule has 0 aliphatic heterocycles. The third-order valence-electron chi connectivity index (χ3n) is 2.86. The summed E-state index contributed by atoms with van der Waals surface area (Å²) in [6, 6.07) is 9.14. The standard InChI is InChI=1S/C15H12BrNO4/c1-8-2-5-12(11(6-8)15(20)21)17-14(19)10-4-3-9(16)7-13(10)18/h2-7,18H,1H3,(H,17,19)(H,20,21). The molecule has 108 valence electrons. The van der Waals surface area contributed by atoms with E-state index >= 15 is 0 Å². The lowest BCUT2D eigenvalue weighted by Gasteiger charge is -2.10. The van der Waals surface area contributed by atoms with Crippen molar-refractivity contribution in [2.75, 3.05) is 5.32 Å². The fourth-order valence-corrected chi connectivity index (χ4v) is 2.18. The molecule has 0 saturated heterocycles. The number of carbonyl (C=O) groups is 2. The van der Waals surface area contributed by atoms with Crippen molar-refractivity contribution in [2.45, 2.75) is 6.92 Å². The van der Waals surface area contributed by atoms with E-state index in [1.807, 2.05) is 0 Å². The molecule has 0 aliphatic rings. The van der Waals surface area contributed by atoms with Crippen molar-refractivity contribution in [1.82, 2.24) is 0 Å². The van der Waals surface area contributed by atoms with Crippen molar-refractivity contribution in [3.05, 3.63) is 57.6 Å². The maximum Gasteiger partial charge on any atom is 0.337 e. The van der Waals surface area contributed by atoms with Gasteiger partial charge in [-0.3, -0.25) is 4.79 Å². The SMILES string of the molecule is Cc1ccc(NC(=O)c2ccc(Br)cc2O)c(C(=O)O)c1. The highest BCUT2D eigenvalue weighted by Gasteiger charge is 2.16. The minimum atomic E-state index is -1.13. The minimum absolute atomic E-state index is 0.0000449. The Hall–Kier alpha value is -2.34. The average molecular weight is 350 g/mol. The van der Waals surface area contributed by atoms with Gasteiger partial charge in [-0.15, -0.1) is 0 Å². The molecule has 2 aromatic rings. The molecule has 2 rings (SSSR count). The Balaban J connectivity index is 2.34. The van der Waals surface area contributed by atoms with Crippen LogP contribution in [0.25, 0.3) is 0 Å². The lowest BCUT2D eigenvalue weighted by Crippen LogP contribution is -2.15. The number of phenols is 1. The van der Waals surface area contributed by atoms with Crippen molar-refractivity contribution in [3.63, 3.8) is 0 Å². The highest BCUT2D eigenvalue weighted by molar-refractivity contribution is 9.10. The molecule has 0 aromatic heterocycles. The number of hydrogen-bond acceptors (Lipinski definition) is 3. The van der Waals surface area contributed by atoms with Crippen LogP contribution in [0.5, 0.6) is 5.75 Å². The van der Waals surface area contributed by atoms with E-state index in [0.29, 0.717) is 4.47 Å². The van der Waals surface area contributed by atoms with Gasteiger partial charge in [-0.25, -0.2) is 4.79 Å². The van der Waals surface area contributed by atoms with Gasteiger partial charge in [0.15, 0.2) is 0 Å². The summed E-state index contributed by atoms with van der Waals surface area (Å²) < 4.78 is 0.637.